The molecule has 0 fully saturated rings. The van der Waals surface area contributed by atoms with E-state index in [4.69, 9.17) is 16.2 Å². The molecule has 8 heteroatoms. The first-order chi connectivity index (χ1) is 11.0. The Balaban J connectivity index is 2.09. The number of anilines is 2. The second kappa shape index (κ2) is 7.21. The van der Waals surface area contributed by atoms with Gasteiger partial charge in [0.2, 0.25) is 0 Å². The monoisotopic (exact) mass is 315 g/mol. The van der Waals surface area contributed by atoms with Gasteiger partial charge in [-0.15, -0.1) is 5.11 Å². The minimum Gasteiger partial charge on any atom is -0.504 e. The SMILES string of the molecule is CCCC(=O)Oc1ccc(N=Nc2cc(O)c(N)nc2N)cc1. The molecule has 1 aromatic heterocycles. The summed E-state index contributed by atoms with van der Waals surface area (Å²) in [6, 6.07) is 7.79. The van der Waals surface area contributed by atoms with Crippen molar-refractivity contribution in [2.45, 2.75) is 19.8 Å². The van der Waals surface area contributed by atoms with Gasteiger partial charge in [0.05, 0.1) is 5.69 Å². The zero-order chi connectivity index (χ0) is 16.8. The average Bonchev–Trinajstić information content (AvgIpc) is 2.51. The predicted octanol–water partition coefficient (Wildman–Crippen LogP) is 3.07. The number of azo groups is 1. The number of esters is 1. The molecule has 0 aliphatic carbocycles. The zero-order valence-corrected chi connectivity index (χ0v) is 12.6. The molecular weight excluding hydrogens is 298 g/mol. The van der Waals surface area contributed by atoms with E-state index in [9.17, 15) is 9.90 Å². The molecule has 0 aliphatic heterocycles. The highest BCUT2D eigenvalue weighted by Gasteiger charge is 2.06. The third kappa shape index (κ3) is 4.40. The van der Waals surface area contributed by atoms with Crippen molar-refractivity contribution in [3.8, 4) is 11.5 Å². The Morgan fingerprint density at radius 1 is 1.22 bits per heavy atom. The van der Waals surface area contributed by atoms with Crippen LogP contribution < -0.4 is 16.2 Å². The maximum absolute atomic E-state index is 11.4. The topological polar surface area (TPSA) is 136 Å². The van der Waals surface area contributed by atoms with Crippen molar-refractivity contribution in [2.24, 2.45) is 10.2 Å². The number of hydrogen-bond donors (Lipinski definition) is 3. The van der Waals surface area contributed by atoms with Crippen LogP contribution in [0.3, 0.4) is 0 Å². The Morgan fingerprint density at radius 2 is 1.91 bits per heavy atom. The standard InChI is InChI=1S/C15H17N5O3/c1-2-3-13(22)23-10-6-4-9(5-7-10)19-20-11-8-12(21)15(17)18-14(11)16/h4-8,21H,2-3H2,1H3,(H4,16,17,18). The van der Waals surface area contributed by atoms with Gasteiger partial charge in [0.1, 0.15) is 11.4 Å². The molecule has 8 nitrogen and oxygen atoms in total. The van der Waals surface area contributed by atoms with E-state index < -0.39 is 0 Å². The fraction of sp³-hybridized carbons (Fsp3) is 0.200. The molecule has 0 radical (unpaired) electrons. The van der Waals surface area contributed by atoms with Gasteiger partial charge in [-0.25, -0.2) is 4.98 Å². The van der Waals surface area contributed by atoms with Crippen LogP contribution in [-0.2, 0) is 4.79 Å². The lowest BCUT2D eigenvalue weighted by molar-refractivity contribution is -0.134. The molecule has 0 saturated carbocycles. The molecule has 0 amide bonds. The lowest BCUT2D eigenvalue weighted by atomic mass is 10.3. The van der Waals surface area contributed by atoms with Crippen LogP contribution in [0, 0.1) is 0 Å². The number of aromatic nitrogens is 1. The lowest BCUT2D eigenvalue weighted by Crippen LogP contribution is -2.06. The zero-order valence-electron chi connectivity index (χ0n) is 12.6. The predicted molar refractivity (Wildman–Crippen MR) is 85.9 cm³/mol. The van der Waals surface area contributed by atoms with Gasteiger partial charge in [-0.1, -0.05) is 6.92 Å². The van der Waals surface area contributed by atoms with Crippen LogP contribution in [0.5, 0.6) is 11.5 Å². The highest BCUT2D eigenvalue weighted by atomic mass is 16.5. The summed E-state index contributed by atoms with van der Waals surface area (Å²) in [6.45, 7) is 1.90. The Bertz CT molecular complexity index is 729. The van der Waals surface area contributed by atoms with Gasteiger partial charge < -0.3 is 21.3 Å². The van der Waals surface area contributed by atoms with Gasteiger partial charge in [-0.3, -0.25) is 4.79 Å². The second-order valence-corrected chi connectivity index (χ2v) is 4.72. The number of nitrogen functional groups attached to an aromatic ring is 2. The first kappa shape index (κ1) is 16.2. The largest absolute Gasteiger partial charge is 0.504 e. The molecule has 0 atom stereocenters. The molecule has 0 spiro atoms. The maximum atomic E-state index is 11.4. The number of nitrogens with zero attached hydrogens (tertiary/aromatic N) is 3. The van der Waals surface area contributed by atoms with Crippen molar-refractivity contribution >= 4 is 29.0 Å². The number of ether oxygens (including phenoxy) is 1. The van der Waals surface area contributed by atoms with Gasteiger partial charge in [-0.2, -0.15) is 5.11 Å². The Labute approximate surface area is 132 Å². The van der Waals surface area contributed by atoms with Crippen molar-refractivity contribution in [1.82, 2.24) is 4.98 Å². The van der Waals surface area contributed by atoms with Gasteiger partial charge in [0.25, 0.3) is 0 Å². The molecule has 23 heavy (non-hydrogen) atoms. The van der Waals surface area contributed by atoms with Crippen LogP contribution in [0.4, 0.5) is 23.0 Å². The molecule has 0 aliphatic rings. The summed E-state index contributed by atoms with van der Waals surface area (Å²) in [7, 11) is 0. The molecule has 2 rings (SSSR count). The molecule has 0 unspecified atom stereocenters. The molecule has 1 heterocycles. The summed E-state index contributed by atoms with van der Waals surface area (Å²) in [4.78, 5) is 15.1. The molecule has 0 bridgehead atoms. The molecule has 1 aromatic carbocycles. The minimum absolute atomic E-state index is 0.0640. The van der Waals surface area contributed by atoms with E-state index in [0.717, 1.165) is 6.42 Å². The minimum atomic E-state index is -0.280. The van der Waals surface area contributed by atoms with Crippen LogP contribution in [0.2, 0.25) is 0 Å². The molecule has 2 aromatic rings. The van der Waals surface area contributed by atoms with Crippen LogP contribution in [-0.4, -0.2) is 16.1 Å². The van der Waals surface area contributed by atoms with E-state index in [1.165, 1.54) is 6.07 Å². The van der Waals surface area contributed by atoms with E-state index in [2.05, 4.69) is 15.2 Å². The summed E-state index contributed by atoms with van der Waals surface area (Å²) in [6.07, 6.45) is 1.10. The van der Waals surface area contributed by atoms with Crippen molar-refractivity contribution in [3.05, 3.63) is 30.3 Å². The van der Waals surface area contributed by atoms with Gasteiger partial charge in [0.15, 0.2) is 17.4 Å². The van der Waals surface area contributed by atoms with Crippen molar-refractivity contribution in [1.29, 1.82) is 0 Å². The third-order valence-electron chi connectivity index (χ3n) is 2.83. The Morgan fingerprint density at radius 3 is 2.57 bits per heavy atom. The maximum Gasteiger partial charge on any atom is 0.311 e. The number of hydrogen-bond acceptors (Lipinski definition) is 8. The summed E-state index contributed by atoms with van der Waals surface area (Å²) < 4.78 is 5.13. The number of carbonyl (C=O) groups excluding carboxylic acids is 1. The third-order valence-corrected chi connectivity index (χ3v) is 2.83. The smallest absolute Gasteiger partial charge is 0.311 e. The van der Waals surface area contributed by atoms with Crippen LogP contribution in [0.15, 0.2) is 40.6 Å². The summed E-state index contributed by atoms with van der Waals surface area (Å²) in [5.41, 5.74) is 11.8. The van der Waals surface area contributed by atoms with E-state index in [-0.39, 0.29) is 29.0 Å². The van der Waals surface area contributed by atoms with E-state index >= 15 is 0 Å². The normalized spacial score (nSPS) is 10.8. The fourth-order valence-corrected chi connectivity index (χ4v) is 1.68. The number of nitrogens with two attached hydrogens (primary N) is 2. The highest BCUT2D eigenvalue weighted by molar-refractivity contribution is 5.72. The van der Waals surface area contributed by atoms with Crippen molar-refractivity contribution < 1.29 is 14.6 Å². The Kier molecular flexibility index (Phi) is 5.08. The number of aromatic hydroxyl groups is 1. The van der Waals surface area contributed by atoms with Gasteiger partial charge >= 0.3 is 5.97 Å². The quantitative estimate of drug-likeness (QED) is 0.440. The van der Waals surface area contributed by atoms with Crippen molar-refractivity contribution in [2.75, 3.05) is 11.5 Å². The molecular formula is C15H17N5O3. The van der Waals surface area contributed by atoms with Gasteiger partial charge in [0, 0.05) is 12.5 Å². The summed E-state index contributed by atoms with van der Waals surface area (Å²) in [5.74, 6) is -0.0630. The highest BCUT2D eigenvalue weighted by Crippen LogP contribution is 2.30. The first-order valence-electron chi connectivity index (χ1n) is 6.97. The number of benzene rings is 1. The van der Waals surface area contributed by atoms with Crippen LogP contribution in [0.1, 0.15) is 19.8 Å². The molecule has 120 valence electrons. The number of carbonyl (C=O) groups is 1. The lowest BCUT2D eigenvalue weighted by Gasteiger charge is -2.03. The molecule has 0 saturated heterocycles. The van der Waals surface area contributed by atoms with Crippen LogP contribution >= 0.6 is 0 Å². The van der Waals surface area contributed by atoms with Gasteiger partial charge in [-0.05, 0) is 30.7 Å². The van der Waals surface area contributed by atoms with Crippen molar-refractivity contribution in [3.63, 3.8) is 0 Å². The average molecular weight is 315 g/mol. The van der Waals surface area contributed by atoms with E-state index in [1.807, 2.05) is 6.92 Å². The van der Waals surface area contributed by atoms with E-state index in [0.29, 0.717) is 17.9 Å². The summed E-state index contributed by atoms with van der Waals surface area (Å²) in [5, 5.41) is 17.4. The molecule has 5 N–H and O–H groups in total. The fourth-order valence-electron chi connectivity index (χ4n) is 1.68. The van der Waals surface area contributed by atoms with Crippen LogP contribution in [0.25, 0.3) is 0 Å². The number of pyridine rings is 1. The summed E-state index contributed by atoms with van der Waals surface area (Å²) >= 11 is 0. The Hall–Kier alpha value is -3.16. The van der Waals surface area contributed by atoms with E-state index in [1.54, 1.807) is 24.3 Å². The number of rotatable bonds is 5. The first-order valence-corrected chi connectivity index (χ1v) is 6.97. The second-order valence-electron chi connectivity index (χ2n) is 4.72.